The number of halogens is 1. The molecule has 1 unspecified atom stereocenters. The van der Waals surface area contributed by atoms with Gasteiger partial charge in [-0.1, -0.05) is 11.6 Å². The number of nitrogens with two attached hydrogens (primary N) is 1. The maximum absolute atomic E-state index is 11.7. The predicted molar refractivity (Wildman–Crippen MR) is 78.9 cm³/mol. The molecule has 0 aliphatic carbocycles. The van der Waals surface area contributed by atoms with Crippen LogP contribution in [0.1, 0.15) is 6.42 Å². The summed E-state index contributed by atoms with van der Waals surface area (Å²) in [6.07, 6.45) is 0.169. The van der Waals surface area contributed by atoms with Crippen molar-refractivity contribution >= 4 is 39.7 Å². The van der Waals surface area contributed by atoms with E-state index in [1.807, 2.05) is 0 Å². The quantitative estimate of drug-likeness (QED) is 0.750. The summed E-state index contributed by atoms with van der Waals surface area (Å²) in [7, 11) is 0.496. The summed E-state index contributed by atoms with van der Waals surface area (Å²) in [5, 5.41) is 3.14. The summed E-state index contributed by atoms with van der Waals surface area (Å²) in [5.74, 6) is 0.499. The zero-order chi connectivity index (χ0) is 14.3. The molecule has 0 saturated carbocycles. The van der Waals surface area contributed by atoms with Crippen molar-refractivity contribution in [1.29, 1.82) is 0 Å². The number of rotatable bonds is 7. The number of methoxy groups -OCH3 is 1. The first-order valence-corrected chi connectivity index (χ1v) is 7.58. The Hall–Kier alpha value is -1.11. The molecule has 5 nitrogen and oxygen atoms in total. The average molecular weight is 305 g/mol. The minimum absolute atomic E-state index is 0.169. The molecule has 0 spiro atoms. The number of benzene rings is 1. The molecule has 0 radical (unpaired) electrons. The van der Waals surface area contributed by atoms with Crippen molar-refractivity contribution in [3.05, 3.63) is 23.2 Å². The molecular formula is C12H17ClN2O3S. The van der Waals surface area contributed by atoms with Crippen LogP contribution in [0.5, 0.6) is 0 Å². The first kappa shape index (κ1) is 15.9. The molecule has 0 aliphatic rings. The molecule has 0 fully saturated rings. The Morgan fingerprint density at radius 3 is 2.89 bits per heavy atom. The van der Waals surface area contributed by atoms with Gasteiger partial charge in [0.2, 0.25) is 5.91 Å². The van der Waals surface area contributed by atoms with Gasteiger partial charge in [-0.3, -0.25) is 9.00 Å². The number of carbonyl (C=O) groups is 1. The van der Waals surface area contributed by atoms with Gasteiger partial charge in [0, 0.05) is 40.9 Å². The number of ether oxygens (including phenoxy) is 1. The van der Waals surface area contributed by atoms with E-state index in [4.69, 9.17) is 22.1 Å². The summed E-state index contributed by atoms with van der Waals surface area (Å²) >= 11 is 5.82. The molecule has 0 aromatic heterocycles. The van der Waals surface area contributed by atoms with Crippen LogP contribution in [0.4, 0.5) is 11.4 Å². The fourth-order valence-electron chi connectivity index (χ4n) is 1.33. The average Bonchev–Trinajstić information content (AvgIpc) is 2.38. The highest BCUT2D eigenvalue weighted by atomic mass is 35.5. The number of hydrogen-bond acceptors (Lipinski definition) is 4. The second-order valence-corrected chi connectivity index (χ2v) is 6.00. The van der Waals surface area contributed by atoms with Crippen LogP contribution in [0.25, 0.3) is 0 Å². The summed E-state index contributed by atoms with van der Waals surface area (Å²) in [6, 6.07) is 4.84. The lowest BCUT2D eigenvalue weighted by Gasteiger charge is -2.08. The number of anilines is 2. The molecule has 0 aliphatic heterocycles. The van der Waals surface area contributed by atoms with E-state index in [9.17, 15) is 9.00 Å². The zero-order valence-corrected chi connectivity index (χ0v) is 12.2. The molecule has 1 aromatic carbocycles. The largest absolute Gasteiger partial charge is 0.397 e. The summed E-state index contributed by atoms with van der Waals surface area (Å²) in [5.41, 5.74) is 6.62. The van der Waals surface area contributed by atoms with Crippen LogP contribution >= 0.6 is 11.6 Å². The molecule has 1 rings (SSSR count). The van der Waals surface area contributed by atoms with Gasteiger partial charge in [-0.2, -0.15) is 0 Å². The molecule has 1 atom stereocenters. The third kappa shape index (κ3) is 6.04. The van der Waals surface area contributed by atoms with E-state index in [2.05, 4.69) is 5.32 Å². The van der Waals surface area contributed by atoms with E-state index in [1.54, 1.807) is 25.3 Å². The third-order valence-corrected chi connectivity index (χ3v) is 3.88. The van der Waals surface area contributed by atoms with Gasteiger partial charge < -0.3 is 15.8 Å². The van der Waals surface area contributed by atoms with Crippen LogP contribution < -0.4 is 11.1 Å². The summed E-state index contributed by atoms with van der Waals surface area (Å²) < 4.78 is 16.3. The van der Waals surface area contributed by atoms with Crippen molar-refractivity contribution < 1.29 is 13.7 Å². The van der Waals surface area contributed by atoms with Gasteiger partial charge in [-0.15, -0.1) is 0 Å². The Bertz CT molecular complexity index is 468. The normalized spacial score (nSPS) is 12.1. The fraction of sp³-hybridized carbons (Fsp3) is 0.417. The maximum Gasteiger partial charge on any atom is 0.225 e. The third-order valence-electron chi connectivity index (χ3n) is 2.36. The van der Waals surface area contributed by atoms with Crippen molar-refractivity contribution in [2.75, 3.05) is 36.3 Å². The number of hydrogen-bond donors (Lipinski definition) is 2. The van der Waals surface area contributed by atoms with Crippen LogP contribution in [0, 0.1) is 0 Å². The molecule has 0 saturated heterocycles. The number of nitrogens with one attached hydrogen (secondary N) is 1. The molecule has 1 aromatic rings. The van der Waals surface area contributed by atoms with Crippen LogP contribution in [0.2, 0.25) is 5.02 Å². The van der Waals surface area contributed by atoms with Crippen molar-refractivity contribution in [1.82, 2.24) is 0 Å². The second-order valence-electron chi connectivity index (χ2n) is 3.87. The smallest absolute Gasteiger partial charge is 0.225 e. The van der Waals surface area contributed by atoms with Gasteiger partial charge >= 0.3 is 0 Å². The van der Waals surface area contributed by atoms with E-state index in [0.29, 0.717) is 34.5 Å². The Morgan fingerprint density at radius 1 is 1.47 bits per heavy atom. The lowest BCUT2D eigenvalue weighted by molar-refractivity contribution is -0.115. The van der Waals surface area contributed by atoms with E-state index < -0.39 is 10.8 Å². The lowest BCUT2D eigenvalue weighted by Crippen LogP contribution is -2.17. The van der Waals surface area contributed by atoms with Crippen LogP contribution in [0.15, 0.2) is 18.2 Å². The highest BCUT2D eigenvalue weighted by Gasteiger charge is 2.08. The molecule has 19 heavy (non-hydrogen) atoms. The van der Waals surface area contributed by atoms with E-state index in [1.165, 1.54) is 0 Å². The van der Waals surface area contributed by atoms with Crippen LogP contribution in [0.3, 0.4) is 0 Å². The van der Waals surface area contributed by atoms with Gasteiger partial charge in [-0.05, 0) is 18.2 Å². The lowest BCUT2D eigenvalue weighted by atomic mass is 10.2. The van der Waals surface area contributed by atoms with Crippen LogP contribution in [-0.2, 0) is 20.3 Å². The van der Waals surface area contributed by atoms with Crippen molar-refractivity contribution in [3.63, 3.8) is 0 Å². The highest BCUT2D eigenvalue weighted by molar-refractivity contribution is 7.85. The first-order valence-electron chi connectivity index (χ1n) is 5.71. The van der Waals surface area contributed by atoms with Gasteiger partial charge in [0.1, 0.15) is 0 Å². The maximum atomic E-state index is 11.7. The summed E-state index contributed by atoms with van der Waals surface area (Å²) in [4.78, 5) is 11.7. The predicted octanol–water partition coefficient (Wildman–Crippen LogP) is 1.65. The molecular weight excluding hydrogens is 288 g/mol. The monoisotopic (exact) mass is 304 g/mol. The SMILES string of the molecule is COCCS(=O)CCC(=O)Nc1cc(Cl)ccc1N. The highest BCUT2D eigenvalue weighted by Crippen LogP contribution is 2.22. The van der Waals surface area contributed by atoms with Crippen molar-refractivity contribution in [3.8, 4) is 0 Å². The molecule has 3 N–H and O–H groups in total. The van der Waals surface area contributed by atoms with Gasteiger partial charge in [0.05, 0.1) is 18.0 Å². The second kappa shape index (κ2) is 8.14. The minimum atomic E-state index is -1.05. The Balaban J connectivity index is 2.43. The van der Waals surface area contributed by atoms with Gasteiger partial charge in [0.25, 0.3) is 0 Å². The zero-order valence-electron chi connectivity index (χ0n) is 10.6. The molecule has 0 bridgehead atoms. The van der Waals surface area contributed by atoms with Crippen molar-refractivity contribution in [2.24, 2.45) is 0 Å². The van der Waals surface area contributed by atoms with E-state index in [0.717, 1.165) is 0 Å². The molecule has 7 heteroatoms. The Morgan fingerprint density at radius 2 is 2.21 bits per heavy atom. The Kier molecular flexibility index (Phi) is 6.83. The number of nitrogen functional groups attached to an aromatic ring is 1. The molecule has 1 amide bonds. The Labute approximate surface area is 119 Å². The fourth-order valence-corrected chi connectivity index (χ4v) is 2.48. The summed E-state index contributed by atoms with van der Waals surface area (Å²) in [6.45, 7) is 0.426. The van der Waals surface area contributed by atoms with E-state index in [-0.39, 0.29) is 12.3 Å². The molecule has 106 valence electrons. The standard InChI is InChI=1S/C12H17ClN2O3S/c1-18-5-7-19(17)6-4-12(16)15-11-8-9(13)2-3-10(11)14/h2-3,8H,4-7,14H2,1H3,(H,15,16). The molecule has 0 heterocycles. The van der Waals surface area contributed by atoms with Crippen molar-refractivity contribution in [2.45, 2.75) is 6.42 Å². The number of carbonyl (C=O) groups excluding carboxylic acids is 1. The first-order chi connectivity index (χ1) is 9.02. The van der Waals surface area contributed by atoms with Gasteiger partial charge in [-0.25, -0.2) is 0 Å². The topological polar surface area (TPSA) is 81.4 Å². The van der Waals surface area contributed by atoms with Crippen LogP contribution in [-0.4, -0.2) is 35.3 Å². The van der Waals surface area contributed by atoms with E-state index >= 15 is 0 Å². The van der Waals surface area contributed by atoms with Gasteiger partial charge in [0.15, 0.2) is 0 Å². The minimum Gasteiger partial charge on any atom is -0.397 e. The number of amides is 1.